The largest absolute Gasteiger partial charge is 0.329 e. The van der Waals surface area contributed by atoms with Crippen LogP contribution in [0.5, 0.6) is 0 Å². The van der Waals surface area contributed by atoms with E-state index in [1.807, 2.05) is 0 Å². The first-order valence-electron chi connectivity index (χ1n) is 4.84. The Labute approximate surface area is 92.1 Å². The maximum absolute atomic E-state index is 11.3. The highest BCUT2D eigenvalue weighted by atomic mass is 35.5. The van der Waals surface area contributed by atoms with Crippen molar-refractivity contribution in [3.8, 4) is 0 Å². The Bertz CT molecular complexity index is 238. The van der Waals surface area contributed by atoms with Gasteiger partial charge in [-0.2, -0.15) is 0 Å². The Morgan fingerprint density at radius 1 is 1.21 bits per heavy atom. The molecule has 0 amide bonds. The molecule has 1 fully saturated rings. The van der Waals surface area contributed by atoms with Crippen LogP contribution in [0.15, 0.2) is 0 Å². The molecule has 0 atom stereocenters. The van der Waals surface area contributed by atoms with Crippen molar-refractivity contribution in [2.45, 2.75) is 38.1 Å². The lowest BCUT2D eigenvalue weighted by atomic mass is 9.96. The van der Waals surface area contributed by atoms with Crippen LogP contribution in [-0.2, 0) is 10.0 Å². The van der Waals surface area contributed by atoms with Gasteiger partial charge in [0.2, 0.25) is 10.0 Å². The molecule has 1 aliphatic rings. The van der Waals surface area contributed by atoms with E-state index in [0.29, 0.717) is 0 Å². The zero-order chi connectivity index (χ0) is 9.73. The Morgan fingerprint density at radius 2 is 1.79 bits per heavy atom. The van der Waals surface area contributed by atoms with Crippen molar-refractivity contribution in [1.82, 2.24) is 4.72 Å². The topological polar surface area (TPSA) is 72.2 Å². The molecular weight excluding hydrogens is 224 g/mol. The summed E-state index contributed by atoms with van der Waals surface area (Å²) < 4.78 is 25.3. The summed E-state index contributed by atoms with van der Waals surface area (Å²) in [6.07, 6.45) is 5.45. The molecule has 1 rings (SSSR count). The fourth-order valence-corrected chi connectivity index (χ4v) is 2.86. The van der Waals surface area contributed by atoms with E-state index >= 15 is 0 Å². The predicted octanol–water partition coefficient (Wildman–Crippen LogP) is 0.619. The van der Waals surface area contributed by atoms with Gasteiger partial charge in [0.05, 0.1) is 5.75 Å². The Balaban J connectivity index is 0.00000169. The summed E-state index contributed by atoms with van der Waals surface area (Å²) in [5.41, 5.74) is 5.20. The van der Waals surface area contributed by atoms with Crippen molar-refractivity contribution < 1.29 is 8.42 Å². The Hall–Kier alpha value is 0.160. The normalized spacial score (nSPS) is 18.9. The zero-order valence-electron chi connectivity index (χ0n) is 8.24. The van der Waals surface area contributed by atoms with Gasteiger partial charge in [0, 0.05) is 12.6 Å². The van der Waals surface area contributed by atoms with Gasteiger partial charge >= 0.3 is 0 Å². The van der Waals surface area contributed by atoms with Crippen LogP contribution >= 0.6 is 12.4 Å². The van der Waals surface area contributed by atoms with Gasteiger partial charge < -0.3 is 5.73 Å². The van der Waals surface area contributed by atoms with Gasteiger partial charge in [-0.3, -0.25) is 0 Å². The first kappa shape index (κ1) is 14.2. The zero-order valence-corrected chi connectivity index (χ0v) is 9.87. The van der Waals surface area contributed by atoms with E-state index in [9.17, 15) is 8.42 Å². The number of nitrogens with one attached hydrogen (secondary N) is 1. The van der Waals surface area contributed by atoms with E-state index in [4.69, 9.17) is 5.73 Å². The molecule has 0 aromatic heterocycles. The molecule has 4 nitrogen and oxygen atoms in total. The van der Waals surface area contributed by atoms with Gasteiger partial charge in [0.1, 0.15) is 0 Å². The van der Waals surface area contributed by atoms with E-state index in [-0.39, 0.29) is 30.7 Å². The molecule has 1 aliphatic carbocycles. The smallest absolute Gasteiger partial charge is 0.213 e. The molecule has 0 saturated heterocycles. The molecule has 0 aliphatic heterocycles. The maximum atomic E-state index is 11.3. The first-order chi connectivity index (χ1) is 6.14. The van der Waals surface area contributed by atoms with Gasteiger partial charge in [0.15, 0.2) is 0 Å². The summed E-state index contributed by atoms with van der Waals surface area (Å²) in [4.78, 5) is 0. The SMILES string of the molecule is Cl.NCCS(=O)(=O)NC1CCCCC1. The Morgan fingerprint density at radius 3 is 2.29 bits per heavy atom. The summed E-state index contributed by atoms with van der Waals surface area (Å²) >= 11 is 0. The van der Waals surface area contributed by atoms with Crippen molar-refractivity contribution >= 4 is 22.4 Å². The van der Waals surface area contributed by atoms with Crippen molar-refractivity contribution in [3.63, 3.8) is 0 Å². The minimum absolute atomic E-state index is 0. The van der Waals surface area contributed by atoms with Gasteiger partial charge in [-0.05, 0) is 12.8 Å². The molecule has 14 heavy (non-hydrogen) atoms. The Kier molecular flexibility index (Phi) is 6.68. The number of nitrogens with two attached hydrogens (primary N) is 1. The number of rotatable bonds is 4. The third-order valence-corrected chi connectivity index (χ3v) is 3.80. The lowest BCUT2D eigenvalue weighted by molar-refractivity contribution is 0.412. The molecule has 0 radical (unpaired) electrons. The highest BCUT2D eigenvalue weighted by Crippen LogP contribution is 2.17. The third-order valence-electron chi connectivity index (χ3n) is 2.34. The van der Waals surface area contributed by atoms with Crippen molar-refractivity contribution in [1.29, 1.82) is 0 Å². The van der Waals surface area contributed by atoms with E-state index in [1.165, 1.54) is 6.42 Å². The van der Waals surface area contributed by atoms with E-state index in [2.05, 4.69) is 4.72 Å². The average molecular weight is 243 g/mol. The van der Waals surface area contributed by atoms with Crippen LogP contribution in [0.3, 0.4) is 0 Å². The number of hydrogen-bond donors (Lipinski definition) is 2. The summed E-state index contributed by atoms with van der Waals surface area (Å²) in [5.74, 6) is 0.0451. The monoisotopic (exact) mass is 242 g/mol. The van der Waals surface area contributed by atoms with E-state index < -0.39 is 10.0 Å². The van der Waals surface area contributed by atoms with Crippen LogP contribution in [0.2, 0.25) is 0 Å². The van der Waals surface area contributed by atoms with Gasteiger partial charge in [-0.25, -0.2) is 13.1 Å². The molecule has 1 saturated carbocycles. The van der Waals surface area contributed by atoms with Crippen LogP contribution in [0.4, 0.5) is 0 Å². The van der Waals surface area contributed by atoms with Crippen LogP contribution in [0, 0.1) is 0 Å². The summed E-state index contributed by atoms with van der Waals surface area (Å²) in [6, 6.07) is 0.158. The summed E-state index contributed by atoms with van der Waals surface area (Å²) in [7, 11) is -3.11. The molecule has 0 unspecified atom stereocenters. The predicted molar refractivity (Wildman–Crippen MR) is 60.1 cm³/mol. The molecule has 0 bridgehead atoms. The summed E-state index contributed by atoms with van der Waals surface area (Å²) in [6.45, 7) is 0.196. The molecule has 0 aromatic carbocycles. The minimum Gasteiger partial charge on any atom is -0.329 e. The van der Waals surface area contributed by atoms with Crippen molar-refractivity contribution in [2.75, 3.05) is 12.3 Å². The minimum atomic E-state index is -3.11. The second kappa shape index (κ2) is 6.61. The lowest BCUT2D eigenvalue weighted by Crippen LogP contribution is -2.39. The van der Waals surface area contributed by atoms with Crippen LogP contribution in [0.1, 0.15) is 32.1 Å². The highest BCUT2D eigenvalue weighted by Gasteiger charge is 2.18. The molecule has 6 heteroatoms. The van der Waals surface area contributed by atoms with Crippen LogP contribution < -0.4 is 10.5 Å². The average Bonchev–Trinajstić information content (AvgIpc) is 2.04. The molecule has 0 spiro atoms. The maximum Gasteiger partial charge on any atom is 0.213 e. The highest BCUT2D eigenvalue weighted by molar-refractivity contribution is 7.89. The third kappa shape index (κ3) is 5.14. The quantitative estimate of drug-likeness (QED) is 0.759. The fourth-order valence-electron chi connectivity index (χ4n) is 1.69. The number of sulfonamides is 1. The second-order valence-electron chi connectivity index (χ2n) is 3.56. The first-order valence-corrected chi connectivity index (χ1v) is 6.49. The molecule has 86 valence electrons. The van der Waals surface area contributed by atoms with Gasteiger partial charge in [-0.1, -0.05) is 19.3 Å². The molecular formula is C8H19ClN2O2S. The van der Waals surface area contributed by atoms with Crippen molar-refractivity contribution in [3.05, 3.63) is 0 Å². The van der Waals surface area contributed by atoms with E-state index in [1.54, 1.807) is 0 Å². The van der Waals surface area contributed by atoms with Gasteiger partial charge in [-0.15, -0.1) is 12.4 Å². The molecule has 0 heterocycles. The molecule has 0 aromatic rings. The standard InChI is InChI=1S/C8H18N2O2S.ClH/c9-6-7-13(11,12)10-8-4-2-1-3-5-8;/h8,10H,1-7,9H2;1H. The number of hydrogen-bond acceptors (Lipinski definition) is 3. The van der Waals surface area contributed by atoms with Gasteiger partial charge in [0.25, 0.3) is 0 Å². The van der Waals surface area contributed by atoms with E-state index in [0.717, 1.165) is 25.7 Å². The summed E-state index contributed by atoms with van der Waals surface area (Å²) in [5, 5.41) is 0. The second-order valence-corrected chi connectivity index (χ2v) is 5.43. The van der Waals surface area contributed by atoms with Crippen LogP contribution in [-0.4, -0.2) is 26.8 Å². The molecule has 3 N–H and O–H groups in total. The van der Waals surface area contributed by atoms with Crippen molar-refractivity contribution in [2.24, 2.45) is 5.73 Å². The van der Waals surface area contributed by atoms with Crippen LogP contribution in [0.25, 0.3) is 0 Å². The lowest BCUT2D eigenvalue weighted by Gasteiger charge is -2.22. The number of halogens is 1. The fraction of sp³-hybridized carbons (Fsp3) is 1.00.